The van der Waals surface area contributed by atoms with E-state index < -0.39 is 0 Å². The second-order valence-electron chi connectivity index (χ2n) is 2.93. The molecule has 1 amide bonds. The Labute approximate surface area is 104 Å². The van der Waals surface area contributed by atoms with Crippen LogP contribution in [0.3, 0.4) is 0 Å². The Morgan fingerprint density at radius 1 is 1.50 bits per heavy atom. The van der Waals surface area contributed by atoms with Crippen molar-refractivity contribution in [3.8, 4) is 0 Å². The number of carbonyl (C=O) groups excluding carboxylic acids is 1. The van der Waals surface area contributed by atoms with Crippen LogP contribution in [0.1, 0.15) is 10.5 Å². The summed E-state index contributed by atoms with van der Waals surface area (Å²) in [5.74, 6) is -0.350. The summed E-state index contributed by atoms with van der Waals surface area (Å²) in [6.07, 6.45) is 1.34. The lowest BCUT2D eigenvalue weighted by molar-refractivity contribution is 0.102. The number of carbonyl (C=O) groups is 1. The van der Waals surface area contributed by atoms with E-state index in [2.05, 4.69) is 36.7 Å². The molecule has 1 aromatic carbocycles. The first-order valence-electron chi connectivity index (χ1n) is 4.29. The lowest BCUT2D eigenvalue weighted by Crippen LogP contribution is -2.12. The molecule has 0 fully saturated rings. The van der Waals surface area contributed by atoms with Gasteiger partial charge in [-0.3, -0.25) is 4.79 Å². The van der Waals surface area contributed by atoms with Crippen molar-refractivity contribution in [1.82, 2.24) is 15.4 Å². The van der Waals surface area contributed by atoms with Crippen molar-refractivity contribution in [2.45, 2.75) is 0 Å². The molecule has 2 rings (SSSR count). The summed E-state index contributed by atoms with van der Waals surface area (Å²) < 4.78 is 0.744. The van der Waals surface area contributed by atoms with Crippen LogP contribution in [0, 0.1) is 0 Å². The van der Waals surface area contributed by atoms with Crippen LogP contribution in [-0.2, 0) is 0 Å². The van der Waals surface area contributed by atoms with E-state index in [1.54, 1.807) is 18.2 Å². The second-order valence-corrected chi connectivity index (χ2v) is 4.22. The predicted molar refractivity (Wildman–Crippen MR) is 63.5 cm³/mol. The summed E-state index contributed by atoms with van der Waals surface area (Å²) in [5, 5.41) is 12.8. The number of rotatable bonds is 2. The van der Waals surface area contributed by atoms with Crippen LogP contribution >= 0.6 is 27.5 Å². The molecule has 5 nitrogen and oxygen atoms in total. The predicted octanol–water partition coefficient (Wildman–Crippen LogP) is 2.47. The van der Waals surface area contributed by atoms with Crippen LogP contribution in [0.2, 0.25) is 5.02 Å². The standard InChI is InChI=1S/C9H6BrClN4O/c10-6-2-1-5(11)3-7(6)13-9(16)8-4-12-15-14-8/h1-4H,(H,13,16)(H,12,14,15). The highest BCUT2D eigenvalue weighted by molar-refractivity contribution is 9.10. The number of hydrogen-bond acceptors (Lipinski definition) is 3. The number of aromatic nitrogens is 3. The average Bonchev–Trinajstić information content (AvgIpc) is 2.76. The molecule has 7 heteroatoms. The lowest BCUT2D eigenvalue weighted by atomic mass is 10.3. The van der Waals surface area contributed by atoms with Gasteiger partial charge in [0.25, 0.3) is 5.91 Å². The van der Waals surface area contributed by atoms with Gasteiger partial charge in [0.05, 0.1) is 11.9 Å². The van der Waals surface area contributed by atoms with Gasteiger partial charge in [-0.05, 0) is 34.1 Å². The number of anilines is 1. The number of amides is 1. The number of nitrogens with zero attached hydrogens (tertiary/aromatic N) is 2. The molecule has 16 heavy (non-hydrogen) atoms. The molecule has 0 atom stereocenters. The van der Waals surface area contributed by atoms with E-state index in [9.17, 15) is 4.79 Å². The summed E-state index contributed by atoms with van der Waals surface area (Å²) in [5.41, 5.74) is 0.798. The Morgan fingerprint density at radius 3 is 3.00 bits per heavy atom. The zero-order valence-corrected chi connectivity index (χ0v) is 10.2. The van der Waals surface area contributed by atoms with Crippen molar-refractivity contribution >= 4 is 39.1 Å². The Balaban J connectivity index is 2.21. The van der Waals surface area contributed by atoms with E-state index in [-0.39, 0.29) is 11.6 Å². The van der Waals surface area contributed by atoms with Crippen LogP contribution in [0.25, 0.3) is 0 Å². The van der Waals surface area contributed by atoms with Gasteiger partial charge in [-0.2, -0.15) is 15.4 Å². The Hall–Kier alpha value is -1.40. The molecule has 0 aliphatic rings. The van der Waals surface area contributed by atoms with Crippen molar-refractivity contribution in [2.24, 2.45) is 0 Å². The zero-order chi connectivity index (χ0) is 11.5. The number of hydrogen-bond donors (Lipinski definition) is 2. The quantitative estimate of drug-likeness (QED) is 0.895. The Morgan fingerprint density at radius 2 is 2.31 bits per heavy atom. The molecule has 0 spiro atoms. The van der Waals surface area contributed by atoms with Crippen molar-refractivity contribution in [2.75, 3.05) is 5.32 Å². The van der Waals surface area contributed by atoms with Crippen LogP contribution in [0.15, 0.2) is 28.9 Å². The Kier molecular flexibility index (Phi) is 3.21. The Bertz CT molecular complexity index is 514. The van der Waals surface area contributed by atoms with Crippen LogP contribution in [0.4, 0.5) is 5.69 Å². The van der Waals surface area contributed by atoms with E-state index in [1.807, 2.05) is 0 Å². The van der Waals surface area contributed by atoms with Gasteiger partial charge in [0.1, 0.15) is 0 Å². The van der Waals surface area contributed by atoms with Gasteiger partial charge in [0, 0.05) is 9.50 Å². The summed E-state index contributed by atoms with van der Waals surface area (Å²) in [7, 11) is 0. The fourth-order valence-corrected chi connectivity index (χ4v) is 1.61. The number of H-pyrrole nitrogens is 1. The minimum absolute atomic E-state index is 0.215. The molecule has 2 N–H and O–H groups in total. The first-order chi connectivity index (χ1) is 7.66. The van der Waals surface area contributed by atoms with E-state index >= 15 is 0 Å². The van der Waals surface area contributed by atoms with Gasteiger partial charge in [-0.25, -0.2) is 0 Å². The van der Waals surface area contributed by atoms with Crippen molar-refractivity contribution in [3.05, 3.63) is 39.6 Å². The molecule has 2 aromatic rings. The summed E-state index contributed by atoms with van der Waals surface area (Å²) >= 11 is 9.12. The lowest BCUT2D eigenvalue weighted by Gasteiger charge is -2.05. The maximum atomic E-state index is 11.6. The third-order valence-corrected chi connectivity index (χ3v) is 2.75. The summed E-state index contributed by atoms with van der Waals surface area (Å²) in [6, 6.07) is 5.11. The second kappa shape index (κ2) is 4.63. The van der Waals surface area contributed by atoms with Gasteiger partial charge < -0.3 is 5.32 Å². The molecular formula is C9H6BrClN4O. The maximum absolute atomic E-state index is 11.6. The SMILES string of the molecule is O=C(Nc1cc(Cl)ccc1Br)c1cn[nH]n1. The van der Waals surface area contributed by atoms with Crippen molar-refractivity contribution in [1.29, 1.82) is 0 Å². The van der Waals surface area contributed by atoms with Crippen LogP contribution in [0.5, 0.6) is 0 Å². The third-order valence-electron chi connectivity index (χ3n) is 1.82. The fourth-order valence-electron chi connectivity index (χ4n) is 1.09. The molecule has 0 unspecified atom stereocenters. The first-order valence-corrected chi connectivity index (χ1v) is 5.46. The first kappa shape index (κ1) is 11.1. The van der Waals surface area contributed by atoms with E-state index in [0.717, 1.165) is 4.47 Å². The van der Waals surface area contributed by atoms with Gasteiger partial charge in [-0.15, -0.1) is 0 Å². The van der Waals surface area contributed by atoms with E-state index in [1.165, 1.54) is 6.20 Å². The molecular weight excluding hydrogens is 295 g/mol. The van der Waals surface area contributed by atoms with Gasteiger partial charge in [0.15, 0.2) is 5.69 Å². The summed E-state index contributed by atoms with van der Waals surface area (Å²) in [4.78, 5) is 11.6. The van der Waals surface area contributed by atoms with Crippen molar-refractivity contribution < 1.29 is 4.79 Å². The minimum atomic E-state index is -0.350. The number of nitrogens with one attached hydrogen (secondary N) is 2. The van der Waals surface area contributed by atoms with Crippen molar-refractivity contribution in [3.63, 3.8) is 0 Å². The molecule has 1 aromatic heterocycles. The smallest absolute Gasteiger partial charge is 0.277 e. The molecule has 82 valence electrons. The van der Waals surface area contributed by atoms with E-state index in [4.69, 9.17) is 11.6 Å². The summed E-state index contributed by atoms with van der Waals surface area (Å²) in [6.45, 7) is 0. The normalized spacial score (nSPS) is 10.1. The molecule has 0 aliphatic heterocycles. The fraction of sp³-hybridized carbons (Fsp3) is 0. The molecule has 0 bridgehead atoms. The molecule has 0 aliphatic carbocycles. The topological polar surface area (TPSA) is 70.7 Å². The third kappa shape index (κ3) is 2.40. The molecule has 0 saturated carbocycles. The highest BCUT2D eigenvalue weighted by Crippen LogP contribution is 2.26. The van der Waals surface area contributed by atoms with Gasteiger partial charge in [-0.1, -0.05) is 11.6 Å². The zero-order valence-electron chi connectivity index (χ0n) is 7.87. The maximum Gasteiger partial charge on any atom is 0.277 e. The van der Waals surface area contributed by atoms with Gasteiger partial charge in [0.2, 0.25) is 0 Å². The molecule has 0 saturated heterocycles. The highest BCUT2D eigenvalue weighted by Gasteiger charge is 2.10. The number of halogens is 2. The monoisotopic (exact) mass is 300 g/mol. The average molecular weight is 302 g/mol. The van der Waals surface area contributed by atoms with E-state index in [0.29, 0.717) is 10.7 Å². The largest absolute Gasteiger partial charge is 0.319 e. The molecule has 0 radical (unpaired) electrons. The minimum Gasteiger partial charge on any atom is -0.319 e. The molecule has 1 heterocycles. The van der Waals surface area contributed by atoms with Crippen LogP contribution < -0.4 is 5.32 Å². The highest BCUT2D eigenvalue weighted by atomic mass is 79.9. The number of aromatic amines is 1. The number of benzene rings is 1. The van der Waals surface area contributed by atoms with Gasteiger partial charge >= 0.3 is 0 Å². The van der Waals surface area contributed by atoms with Crippen LogP contribution in [-0.4, -0.2) is 21.3 Å².